The molecule has 1 fully saturated rings. The number of benzene rings is 1. The zero-order chi connectivity index (χ0) is 18.1. The van der Waals surface area contributed by atoms with Crippen molar-refractivity contribution in [1.82, 2.24) is 10.1 Å². The highest BCUT2D eigenvalue weighted by molar-refractivity contribution is 6.33. The number of likely N-dealkylation sites (tertiary alicyclic amines) is 1. The highest BCUT2D eigenvalue weighted by Gasteiger charge is 2.32. The number of hydrogen-bond acceptors (Lipinski definition) is 4. The van der Waals surface area contributed by atoms with E-state index in [9.17, 15) is 9.18 Å². The minimum Gasteiger partial charge on any atom is -0.360 e. The lowest BCUT2D eigenvalue weighted by atomic mass is 9.91. The molecule has 0 aliphatic carbocycles. The highest BCUT2D eigenvalue weighted by Crippen LogP contribution is 2.34. The monoisotopic (exact) mass is 401 g/mol. The first-order valence-corrected chi connectivity index (χ1v) is 8.73. The third-order valence-corrected chi connectivity index (χ3v) is 5.08. The van der Waals surface area contributed by atoms with Crippen molar-refractivity contribution in [3.05, 3.63) is 40.4 Å². The fourth-order valence-corrected chi connectivity index (χ4v) is 3.55. The number of aryl methyl sites for hydroxylation is 1. The van der Waals surface area contributed by atoms with Crippen molar-refractivity contribution in [2.75, 3.05) is 13.1 Å². The largest absolute Gasteiger partial charge is 0.360 e. The maximum atomic E-state index is 14.3. The van der Waals surface area contributed by atoms with E-state index in [2.05, 4.69) is 5.16 Å². The van der Waals surface area contributed by atoms with E-state index in [0.717, 1.165) is 12.8 Å². The van der Waals surface area contributed by atoms with E-state index in [1.165, 1.54) is 12.1 Å². The van der Waals surface area contributed by atoms with E-state index in [1.54, 1.807) is 17.9 Å². The molecular weight excluding hydrogens is 380 g/mol. The maximum absolute atomic E-state index is 14.3. The third-order valence-electron chi connectivity index (χ3n) is 4.76. The number of carbonyl (C=O) groups excluding carboxylic acids is 1. The lowest BCUT2D eigenvalue weighted by Gasteiger charge is -2.34. The van der Waals surface area contributed by atoms with Gasteiger partial charge in [-0.25, -0.2) is 4.39 Å². The van der Waals surface area contributed by atoms with E-state index in [0.29, 0.717) is 18.8 Å². The van der Waals surface area contributed by atoms with Gasteiger partial charge in [0.25, 0.3) is 5.91 Å². The topological polar surface area (TPSA) is 72.4 Å². The molecule has 2 N–H and O–H groups in total. The van der Waals surface area contributed by atoms with Crippen LogP contribution in [0.4, 0.5) is 4.39 Å². The van der Waals surface area contributed by atoms with Crippen LogP contribution in [0.15, 0.2) is 22.7 Å². The van der Waals surface area contributed by atoms with Crippen LogP contribution < -0.4 is 5.73 Å². The smallest absolute Gasteiger partial charge is 0.259 e. The van der Waals surface area contributed by atoms with Gasteiger partial charge in [0.05, 0.1) is 10.6 Å². The van der Waals surface area contributed by atoms with Crippen molar-refractivity contribution in [3.8, 4) is 11.3 Å². The Morgan fingerprint density at radius 2 is 2.23 bits per heavy atom. The molecule has 8 heteroatoms. The predicted molar refractivity (Wildman–Crippen MR) is 101 cm³/mol. The Labute approximate surface area is 163 Å². The van der Waals surface area contributed by atoms with Crippen LogP contribution >= 0.6 is 24.0 Å². The van der Waals surface area contributed by atoms with Gasteiger partial charge in [-0.2, -0.15) is 0 Å². The number of aromatic nitrogens is 1. The average Bonchev–Trinajstić information content (AvgIpc) is 2.95. The van der Waals surface area contributed by atoms with Gasteiger partial charge in [0, 0.05) is 19.1 Å². The number of nitrogens with zero attached hydrogens (tertiary/aromatic N) is 2. The van der Waals surface area contributed by atoms with Crippen LogP contribution in [0.25, 0.3) is 11.3 Å². The van der Waals surface area contributed by atoms with Crippen molar-refractivity contribution >= 4 is 29.9 Å². The van der Waals surface area contributed by atoms with Crippen LogP contribution in [0.2, 0.25) is 5.02 Å². The summed E-state index contributed by atoms with van der Waals surface area (Å²) in [6, 6.07) is 4.37. The molecule has 1 aromatic carbocycles. The fraction of sp³-hybridized carbons (Fsp3) is 0.444. The number of piperidine rings is 1. The number of nitrogens with two attached hydrogens (primary N) is 1. The highest BCUT2D eigenvalue weighted by atomic mass is 35.5. The molecule has 1 amide bonds. The van der Waals surface area contributed by atoms with Crippen LogP contribution in [0.1, 0.15) is 35.9 Å². The molecule has 2 heterocycles. The van der Waals surface area contributed by atoms with Gasteiger partial charge in [0.2, 0.25) is 0 Å². The molecule has 1 aromatic heterocycles. The van der Waals surface area contributed by atoms with Crippen molar-refractivity contribution < 1.29 is 13.7 Å². The van der Waals surface area contributed by atoms with Crippen molar-refractivity contribution in [3.63, 3.8) is 0 Å². The molecule has 0 radical (unpaired) electrons. The molecule has 5 nitrogen and oxygen atoms in total. The quantitative estimate of drug-likeness (QED) is 0.841. The zero-order valence-electron chi connectivity index (χ0n) is 14.7. The van der Waals surface area contributed by atoms with Crippen molar-refractivity contribution in [2.45, 2.75) is 32.7 Å². The first kappa shape index (κ1) is 20.7. The van der Waals surface area contributed by atoms with Gasteiger partial charge >= 0.3 is 0 Å². The molecule has 3 rings (SSSR count). The van der Waals surface area contributed by atoms with Gasteiger partial charge in [-0.3, -0.25) is 4.79 Å². The number of halogens is 3. The summed E-state index contributed by atoms with van der Waals surface area (Å²) in [7, 11) is 0. The van der Waals surface area contributed by atoms with E-state index >= 15 is 0 Å². The number of hydrogen-bond donors (Lipinski definition) is 1. The van der Waals surface area contributed by atoms with Gasteiger partial charge in [-0.15, -0.1) is 12.4 Å². The second-order valence-electron chi connectivity index (χ2n) is 6.57. The van der Waals surface area contributed by atoms with E-state index < -0.39 is 5.82 Å². The zero-order valence-corrected chi connectivity index (χ0v) is 16.2. The van der Waals surface area contributed by atoms with Gasteiger partial charge in [0.1, 0.15) is 22.8 Å². The summed E-state index contributed by atoms with van der Waals surface area (Å²) >= 11 is 6.14. The maximum Gasteiger partial charge on any atom is 0.259 e. The van der Waals surface area contributed by atoms with E-state index in [4.69, 9.17) is 21.9 Å². The summed E-state index contributed by atoms with van der Waals surface area (Å²) in [5, 5.41) is 4.10. The second kappa shape index (κ2) is 8.37. The summed E-state index contributed by atoms with van der Waals surface area (Å²) in [6.07, 6.45) is 1.88. The molecule has 2 atom stereocenters. The molecule has 1 aliphatic rings. The lowest BCUT2D eigenvalue weighted by molar-refractivity contribution is 0.0660. The van der Waals surface area contributed by atoms with Crippen LogP contribution in [0, 0.1) is 18.7 Å². The molecule has 1 aliphatic heterocycles. The summed E-state index contributed by atoms with van der Waals surface area (Å²) in [6.45, 7) is 4.81. The molecule has 26 heavy (non-hydrogen) atoms. The van der Waals surface area contributed by atoms with Crippen LogP contribution in [-0.4, -0.2) is 35.1 Å². The molecule has 1 saturated heterocycles. The molecule has 2 aromatic rings. The molecule has 142 valence electrons. The normalized spacial score (nSPS) is 18.3. The first-order valence-electron chi connectivity index (χ1n) is 8.35. The summed E-state index contributed by atoms with van der Waals surface area (Å²) < 4.78 is 19.5. The minimum atomic E-state index is -0.540. The Morgan fingerprint density at radius 3 is 2.88 bits per heavy atom. The summed E-state index contributed by atoms with van der Waals surface area (Å²) in [5.74, 6) is -0.166. The second-order valence-corrected chi connectivity index (χ2v) is 6.98. The Balaban J connectivity index is 0.00000243. The predicted octanol–water partition coefficient (Wildman–Crippen LogP) is 4.06. The average molecular weight is 402 g/mol. The van der Waals surface area contributed by atoms with E-state index in [1.807, 2.05) is 6.92 Å². The number of rotatable bonds is 3. The fourth-order valence-electron chi connectivity index (χ4n) is 3.30. The number of amides is 1. The third kappa shape index (κ3) is 3.87. The molecular formula is C18H22Cl2FN3O2. The Hall–Kier alpha value is -1.63. The van der Waals surface area contributed by atoms with Crippen LogP contribution in [0.5, 0.6) is 0 Å². The Morgan fingerprint density at radius 1 is 1.50 bits per heavy atom. The summed E-state index contributed by atoms with van der Waals surface area (Å²) in [4.78, 5) is 14.8. The molecule has 0 saturated carbocycles. The molecule has 2 unspecified atom stereocenters. The standard InChI is InChI=1S/C18H21ClFN3O2.ClH/c1-10(21)12-5-4-8-23(9-12)18(24)15-11(2)25-22-17(15)16-13(19)6-3-7-14(16)20;/h3,6-7,10,12H,4-5,8-9,21H2,1-2H3;1H. The Kier molecular flexibility index (Phi) is 6.66. The minimum absolute atomic E-state index is 0. The SMILES string of the molecule is Cc1onc(-c2c(F)cccc2Cl)c1C(=O)N1CCCC(C(C)N)C1.Cl. The van der Waals surface area contributed by atoms with Crippen LogP contribution in [-0.2, 0) is 0 Å². The number of carbonyl (C=O) groups is 1. The van der Waals surface area contributed by atoms with Crippen LogP contribution in [0.3, 0.4) is 0 Å². The van der Waals surface area contributed by atoms with E-state index in [-0.39, 0.29) is 52.1 Å². The lowest BCUT2D eigenvalue weighted by Crippen LogP contribution is -2.45. The van der Waals surface area contributed by atoms with Gasteiger partial charge in [-0.05, 0) is 44.7 Å². The summed E-state index contributed by atoms with van der Waals surface area (Å²) in [5.41, 5.74) is 6.50. The van der Waals surface area contributed by atoms with Gasteiger partial charge < -0.3 is 15.2 Å². The Bertz CT molecular complexity index is 774. The first-order chi connectivity index (χ1) is 11.9. The van der Waals surface area contributed by atoms with Gasteiger partial charge in [0.15, 0.2) is 0 Å². The molecule has 0 spiro atoms. The van der Waals surface area contributed by atoms with Crippen molar-refractivity contribution in [2.24, 2.45) is 11.7 Å². The van der Waals surface area contributed by atoms with Crippen molar-refractivity contribution in [1.29, 1.82) is 0 Å². The van der Waals surface area contributed by atoms with Gasteiger partial charge in [-0.1, -0.05) is 22.8 Å². The molecule has 0 bridgehead atoms.